The van der Waals surface area contributed by atoms with Crippen LogP contribution in [0.3, 0.4) is 0 Å². The molecule has 0 spiro atoms. The Kier molecular flexibility index (Phi) is 50.3. The van der Waals surface area contributed by atoms with E-state index in [1.54, 1.807) is 14.2 Å². The molecule has 0 aromatic rings. The minimum atomic E-state index is 0. The second-order valence-corrected chi connectivity index (χ2v) is 0.408. The summed E-state index contributed by atoms with van der Waals surface area (Å²) in [6, 6.07) is 0. The Labute approximate surface area is 92.4 Å². The molecular formula is C2H10Ca2O. The van der Waals surface area contributed by atoms with Gasteiger partial charge in [-0.2, -0.15) is 0 Å². The molecule has 1 nitrogen and oxygen atoms in total. The third-order valence-corrected chi connectivity index (χ3v) is 0. The molecule has 0 amide bonds. The van der Waals surface area contributed by atoms with E-state index < -0.39 is 0 Å². The minimum absolute atomic E-state index is 0. The van der Waals surface area contributed by atoms with Crippen LogP contribution in [-0.2, 0) is 4.74 Å². The van der Waals surface area contributed by atoms with Gasteiger partial charge in [-0.3, -0.25) is 0 Å². The third kappa shape index (κ3) is 21.1. The van der Waals surface area contributed by atoms with Crippen molar-refractivity contribution >= 4 is 75.5 Å². The zero-order valence-corrected chi connectivity index (χ0v) is 2.41. The van der Waals surface area contributed by atoms with Gasteiger partial charge in [0.15, 0.2) is 0 Å². The molecule has 5 heavy (non-hydrogen) atoms. The summed E-state index contributed by atoms with van der Waals surface area (Å²) in [5.74, 6) is 0. The van der Waals surface area contributed by atoms with Gasteiger partial charge in [0.2, 0.25) is 0 Å². The predicted octanol–water partition coefficient (Wildman–Crippen LogP) is -1.57. The average molecular weight is 130 g/mol. The molecule has 0 saturated heterocycles. The van der Waals surface area contributed by atoms with Gasteiger partial charge in [-0.05, 0) is 0 Å². The molecule has 0 aliphatic heterocycles. The Morgan fingerprint density at radius 3 is 1.00 bits per heavy atom. The molecule has 28 valence electrons. The van der Waals surface area contributed by atoms with Gasteiger partial charge in [0.25, 0.3) is 0 Å². The van der Waals surface area contributed by atoms with E-state index in [0.717, 1.165) is 0 Å². The summed E-state index contributed by atoms with van der Waals surface area (Å²) in [6.07, 6.45) is 0. The van der Waals surface area contributed by atoms with Gasteiger partial charge in [-0.25, -0.2) is 0 Å². The molecule has 0 saturated carbocycles. The molecule has 0 unspecified atom stereocenters. The monoisotopic (exact) mass is 130 g/mol. The standard InChI is InChI=1S/C2H6O.2Ca.4H/c1-3-2;;;;;;/h1-2H3;;;;;;. The topological polar surface area (TPSA) is 9.23 Å². The van der Waals surface area contributed by atoms with E-state index in [1.807, 2.05) is 0 Å². The van der Waals surface area contributed by atoms with E-state index >= 15 is 0 Å². The summed E-state index contributed by atoms with van der Waals surface area (Å²) in [7, 11) is 3.25. The Morgan fingerprint density at radius 2 is 1.00 bits per heavy atom. The van der Waals surface area contributed by atoms with E-state index in [4.69, 9.17) is 0 Å². The normalized spacial score (nSPS) is 3.60. The molecule has 0 bridgehead atoms. The van der Waals surface area contributed by atoms with Crippen molar-refractivity contribution in [2.75, 3.05) is 14.2 Å². The van der Waals surface area contributed by atoms with Crippen LogP contribution in [0.1, 0.15) is 0 Å². The first kappa shape index (κ1) is 15.6. The summed E-state index contributed by atoms with van der Waals surface area (Å²) in [6.45, 7) is 0. The first-order chi connectivity index (χ1) is 1.41. The average Bonchev–Trinajstić information content (AvgIpc) is 0.918. The van der Waals surface area contributed by atoms with E-state index in [0.29, 0.717) is 0 Å². The first-order valence-electron chi connectivity index (χ1n) is 0.816. The third-order valence-electron chi connectivity index (χ3n) is 0. The molecule has 0 fully saturated rings. The molecule has 0 aliphatic carbocycles. The van der Waals surface area contributed by atoms with Crippen LogP contribution in [0, 0.1) is 0 Å². The van der Waals surface area contributed by atoms with Crippen LogP contribution >= 0.6 is 0 Å². The van der Waals surface area contributed by atoms with Crippen molar-refractivity contribution in [1.82, 2.24) is 0 Å². The van der Waals surface area contributed by atoms with E-state index in [2.05, 4.69) is 4.74 Å². The Hall–Kier alpha value is 2.48. The maximum atomic E-state index is 4.25. The number of ether oxygens (including phenoxy) is 1. The SMILES string of the molecule is COC.[CaH2].[CaH2]. The van der Waals surface area contributed by atoms with E-state index in [1.165, 1.54) is 0 Å². The number of rotatable bonds is 0. The molecule has 0 rings (SSSR count). The van der Waals surface area contributed by atoms with Crippen molar-refractivity contribution in [3.8, 4) is 0 Å². The van der Waals surface area contributed by atoms with Gasteiger partial charge < -0.3 is 4.74 Å². The number of hydrogen-bond acceptors (Lipinski definition) is 1. The fourth-order valence-electron chi connectivity index (χ4n) is 0. The van der Waals surface area contributed by atoms with Crippen LogP contribution in [0.2, 0.25) is 0 Å². The molecule has 0 aromatic heterocycles. The molecule has 0 atom stereocenters. The van der Waals surface area contributed by atoms with Crippen LogP contribution < -0.4 is 0 Å². The van der Waals surface area contributed by atoms with Gasteiger partial charge in [0.05, 0.1) is 0 Å². The molecule has 0 N–H and O–H groups in total. The second kappa shape index (κ2) is 16.1. The molecular weight excluding hydrogens is 120 g/mol. The van der Waals surface area contributed by atoms with Gasteiger partial charge in [-0.1, -0.05) is 0 Å². The molecule has 0 radical (unpaired) electrons. The van der Waals surface area contributed by atoms with Gasteiger partial charge in [-0.15, -0.1) is 0 Å². The van der Waals surface area contributed by atoms with Gasteiger partial charge in [0, 0.05) is 14.2 Å². The summed E-state index contributed by atoms with van der Waals surface area (Å²) < 4.78 is 4.25. The van der Waals surface area contributed by atoms with Crippen molar-refractivity contribution in [3.63, 3.8) is 0 Å². The fraction of sp³-hybridized carbons (Fsp3) is 1.00. The zero-order chi connectivity index (χ0) is 2.71. The van der Waals surface area contributed by atoms with Gasteiger partial charge >= 0.3 is 75.5 Å². The number of methoxy groups -OCH3 is 1. The molecule has 0 aliphatic rings. The quantitative estimate of drug-likeness (QED) is 0.360. The van der Waals surface area contributed by atoms with Crippen molar-refractivity contribution in [3.05, 3.63) is 0 Å². The Bertz CT molecular complexity index is 7.61. The van der Waals surface area contributed by atoms with Crippen LogP contribution in [-0.4, -0.2) is 89.7 Å². The van der Waals surface area contributed by atoms with Crippen LogP contribution in [0.5, 0.6) is 0 Å². The van der Waals surface area contributed by atoms with Crippen molar-refractivity contribution in [2.24, 2.45) is 0 Å². The van der Waals surface area contributed by atoms with Crippen molar-refractivity contribution < 1.29 is 4.74 Å². The van der Waals surface area contributed by atoms with Crippen LogP contribution in [0.25, 0.3) is 0 Å². The summed E-state index contributed by atoms with van der Waals surface area (Å²) >= 11 is 0. The number of hydrogen-bond donors (Lipinski definition) is 0. The van der Waals surface area contributed by atoms with Crippen LogP contribution in [0.15, 0.2) is 0 Å². The van der Waals surface area contributed by atoms with Gasteiger partial charge in [0.1, 0.15) is 0 Å². The summed E-state index contributed by atoms with van der Waals surface area (Å²) in [4.78, 5) is 0. The molecule has 0 aromatic carbocycles. The Balaban J connectivity index is -0.0000000200. The molecule has 3 heteroatoms. The van der Waals surface area contributed by atoms with Crippen LogP contribution in [0.4, 0.5) is 0 Å². The maximum absolute atomic E-state index is 4.25. The van der Waals surface area contributed by atoms with E-state index in [9.17, 15) is 0 Å². The second-order valence-electron chi connectivity index (χ2n) is 0.408. The van der Waals surface area contributed by atoms with E-state index in [-0.39, 0.29) is 75.5 Å². The summed E-state index contributed by atoms with van der Waals surface area (Å²) in [5, 5.41) is 0. The molecule has 0 heterocycles. The summed E-state index contributed by atoms with van der Waals surface area (Å²) in [5.41, 5.74) is 0. The fourth-order valence-corrected chi connectivity index (χ4v) is 0. The van der Waals surface area contributed by atoms with Crippen molar-refractivity contribution in [2.45, 2.75) is 0 Å². The zero-order valence-electron chi connectivity index (χ0n) is 2.41. The predicted molar refractivity (Wildman–Crippen MR) is 30.0 cm³/mol. The van der Waals surface area contributed by atoms with Crippen molar-refractivity contribution in [1.29, 1.82) is 0 Å². The first-order valence-corrected chi connectivity index (χ1v) is 0.816. The Morgan fingerprint density at radius 1 is 1.00 bits per heavy atom.